The van der Waals surface area contributed by atoms with Gasteiger partial charge in [-0.05, 0) is 12.8 Å². The van der Waals surface area contributed by atoms with Gasteiger partial charge in [0.25, 0.3) is 0 Å². The van der Waals surface area contributed by atoms with Crippen molar-refractivity contribution >= 4 is 5.91 Å². The van der Waals surface area contributed by atoms with E-state index in [0.717, 1.165) is 19.4 Å². The highest BCUT2D eigenvalue weighted by Crippen LogP contribution is 2.57. The second-order valence-electron chi connectivity index (χ2n) is 5.21. The molecule has 1 heterocycles. The molecule has 15 heavy (non-hydrogen) atoms. The Morgan fingerprint density at radius 1 is 1.53 bits per heavy atom. The van der Waals surface area contributed by atoms with Gasteiger partial charge in [0.1, 0.15) is 5.54 Å². The van der Waals surface area contributed by atoms with Crippen LogP contribution in [0.3, 0.4) is 0 Å². The zero-order valence-corrected chi connectivity index (χ0v) is 9.67. The lowest BCUT2D eigenvalue weighted by molar-refractivity contribution is -0.224. The van der Waals surface area contributed by atoms with E-state index in [0.29, 0.717) is 0 Å². The lowest BCUT2D eigenvalue weighted by Gasteiger charge is -2.65. The predicted octanol–water partition coefficient (Wildman–Crippen LogP) is 0.265. The number of carbonyl (C=O) groups excluding carboxylic acids is 1. The van der Waals surface area contributed by atoms with Crippen LogP contribution >= 0.6 is 0 Å². The monoisotopic (exact) mass is 212 g/mol. The Balaban J connectivity index is 2.28. The Morgan fingerprint density at radius 3 is 2.80 bits per heavy atom. The molecule has 1 saturated carbocycles. The van der Waals surface area contributed by atoms with E-state index >= 15 is 0 Å². The SMILES string of the molecule is CNC(=O)C1(N)C2CCCOC2C1(C)C. The third-order valence-corrected chi connectivity index (χ3v) is 4.29. The van der Waals surface area contributed by atoms with Crippen LogP contribution in [-0.2, 0) is 9.53 Å². The van der Waals surface area contributed by atoms with Crippen molar-refractivity contribution < 1.29 is 9.53 Å². The van der Waals surface area contributed by atoms with Crippen molar-refractivity contribution in [3.63, 3.8) is 0 Å². The number of rotatable bonds is 1. The molecule has 1 amide bonds. The number of hydrogen-bond donors (Lipinski definition) is 2. The molecule has 0 aromatic rings. The first-order valence-electron chi connectivity index (χ1n) is 5.59. The van der Waals surface area contributed by atoms with Crippen molar-refractivity contribution in [3.05, 3.63) is 0 Å². The molecule has 3 unspecified atom stereocenters. The van der Waals surface area contributed by atoms with Crippen LogP contribution in [0.2, 0.25) is 0 Å². The van der Waals surface area contributed by atoms with Crippen molar-refractivity contribution in [2.75, 3.05) is 13.7 Å². The van der Waals surface area contributed by atoms with E-state index in [1.807, 2.05) is 13.8 Å². The van der Waals surface area contributed by atoms with Crippen molar-refractivity contribution in [2.45, 2.75) is 38.3 Å². The van der Waals surface area contributed by atoms with E-state index in [1.165, 1.54) is 0 Å². The summed E-state index contributed by atoms with van der Waals surface area (Å²) in [5.41, 5.74) is 5.27. The second kappa shape index (κ2) is 3.19. The molecule has 1 saturated heterocycles. The molecular formula is C11H20N2O2. The van der Waals surface area contributed by atoms with Crippen LogP contribution in [-0.4, -0.2) is 31.2 Å². The summed E-state index contributed by atoms with van der Waals surface area (Å²) in [6.45, 7) is 4.85. The van der Waals surface area contributed by atoms with Crippen LogP contribution in [0.5, 0.6) is 0 Å². The van der Waals surface area contributed by atoms with Crippen LogP contribution < -0.4 is 11.1 Å². The minimum atomic E-state index is -0.757. The normalized spacial score (nSPS) is 42.7. The highest BCUT2D eigenvalue weighted by atomic mass is 16.5. The summed E-state index contributed by atoms with van der Waals surface area (Å²) in [5, 5.41) is 2.68. The number of amides is 1. The molecule has 1 aliphatic heterocycles. The van der Waals surface area contributed by atoms with Crippen LogP contribution in [0.25, 0.3) is 0 Å². The first kappa shape index (κ1) is 10.9. The summed E-state index contributed by atoms with van der Waals surface area (Å²) in [7, 11) is 1.64. The lowest BCUT2D eigenvalue weighted by Crippen LogP contribution is -2.82. The maximum Gasteiger partial charge on any atom is 0.240 e. The summed E-state index contributed by atoms with van der Waals surface area (Å²) in [4.78, 5) is 11.9. The van der Waals surface area contributed by atoms with Crippen molar-refractivity contribution in [1.29, 1.82) is 0 Å². The third kappa shape index (κ3) is 1.12. The molecule has 1 aliphatic carbocycles. The second-order valence-corrected chi connectivity index (χ2v) is 5.21. The van der Waals surface area contributed by atoms with Crippen molar-refractivity contribution in [3.8, 4) is 0 Å². The fraction of sp³-hybridized carbons (Fsp3) is 0.909. The van der Waals surface area contributed by atoms with Gasteiger partial charge in [-0.2, -0.15) is 0 Å². The van der Waals surface area contributed by atoms with Crippen LogP contribution in [0.15, 0.2) is 0 Å². The fourth-order valence-corrected chi connectivity index (χ4v) is 3.24. The largest absolute Gasteiger partial charge is 0.377 e. The van der Waals surface area contributed by atoms with Gasteiger partial charge in [0, 0.05) is 25.0 Å². The minimum Gasteiger partial charge on any atom is -0.377 e. The zero-order valence-electron chi connectivity index (χ0n) is 9.67. The van der Waals surface area contributed by atoms with Gasteiger partial charge in [0.05, 0.1) is 6.10 Å². The van der Waals surface area contributed by atoms with Crippen molar-refractivity contribution in [1.82, 2.24) is 5.32 Å². The summed E-state index contributed by atoms with van der Waals surface area (Å²) in [6.07, 6.45) is 2.15. The number of hydrogen-bond acceptors (Lipinski definition) is 3. The molecule has 86 valence electrons. The van der Waals surface area contributed by atoms with E-state index in [4.69, 9.17) is 10.5 Å². The molecule has 3 atom stereocenters. The maximum absolute atomic E-state index is 11.9. The highest BCUT2D eigenvalue weighted by Gasteiger charge is 2.69. The van der Waals surface area contributed by atoms with E-state index in [1.54, 1.807) is 7.05 Å². The summed E-state index contributed by atoms with van der Waals surface area (Å²) in [5.74, 6) is 0.125. The topological polar surface area (TPSA) is 64.4 Å². The van der Waals surface area contributed by atoms with E-state index in [9.17, 15) is 4.79 Å². The molecule has 2 aliphatic rings. The van der Waals surface area contributed by atoms with Gasteiger partial charge in [0.15, 0.2) is 0 Å². The van der Waals surface area contributed by atoms with Gasteiger partial charge in [0.2, 0.25) is 5.91 Å². The van der Waals surface area contributed by atoms with Gasteiger partial charge >= 0.3 is 0 Å². The van der Waals surface area contributed by atoms with E-state index in [-0.39, 0.29) is 23.3 Å². The summed E-state index contributed by atoms with van der Waals surface area (Å²) < 4.78 is 5.72. The average molecular weight is 212 g/mol. The molecular weight excluding hydrogens is 192 g/mol. The number of nitrogens with one attached hydrogen (secondary N) is 1. The average Bonchev–Trinajstić information content (AvgIpc) is 2.26. The van der Waals surface area contributed by atoms with Crippen LogP contribution in [0.4, 0.5) is 0 Å². The number of carbonyl (C=O) groups is 1. The Labute approximate surface area is 90.5 Å². The van der Waals surface area contributed by atoms with Gasteiger partial charge in [-0.15, -0.1) is 0 Å². The number of fused-ring (bicyclic) bond motifs is 1. The molecule has 4 heteroatoms. The Bertz CT molecular complexity index is 290. The van der Waals surface area contributed by atoms with Gasteiger partial charge in [-0.1, -0.05) is 13.8 Å². The molecule has 0 aromatic carbocycles. The minimum absolute atomic E-state index is 0.0562. The van der Waals surface area contributed by atoms with Gasteiger partial charge in [-0.25, -0.2) is 0 Å². The Morgan fingerprint density at radius 2 is 2.20 bits per heavy atom. The molecule has 4 nitrogen and oxygen atoms in total. The smallest absolute Gasteiger partial charge is 0.240 e. The maximum atomic E-state index is 11.9. The van der Waals surface area contributed by atoms with Gasteiger partial charge in [-0.3, -0.25) is 4.79 Å². The number of nitrogens with two attached hydrogens (primary N) is 1. The lowest BCUT2D eigenvalue weighted by atomic mass is 9.46. The van der Waals surface area contributed by atoms with Crippen LogP contribution in [0, 0.1) is 11.3 Å². The van der Waals surface area contributed by atoms with Gasteiger partial charge < -0.3 is 15.8 Å². The summed E-state index contributed by atoms with van der Waals surface area (Å²) in [6, 6.07) is 0. The highest BCUT2D eigenvalue weighted by molar-refractivity contribution is 5.89. The molecule has 0 aromatic heterocycles. The molecule has 0 radical (unpaired) electrons. The first-order valence-corrected chi connectivity index (χ1v) is 5.59. The van der Waals surface area contributed by atoms with Crippen molar-refractivity contribution in [2.24, 2.45) is 17.1 Å². The number of ether oxygens (including phenoxy) is 1. The Kier molecular flexibility index (Phi) is 2.32. The molecule has 0 spiro atoms. The summed E-state index contributed by atoms with van der Waals surface area (Å²) >= 11 is 0. The zero-order chi connectivity index (χ0) is 11.3. The van der Waals surface area contributed by atoms with Crippen LogP contribution in [0.1, 0.15) is 26.7 Å². The first-order chi connectivity index (χ1) is 6.96. The molecule has 2 fully saturated rings. The molecule has 2 rings (SSSR count). The fourth-order valence-electron chi connectivity index (χ4n) is 3.24. The molecule has 0 bridgehead atoms. The predicted molar refractivity (Wildman–Crippen MR) is 57.2 cm³/mol. The third-order valence-electron chi connectivity index (χ3n) is 4.29. The van der Waals surface area contributed by atoms with E-state index in [2.05, 4.69) is 5.32 Å². The molecule has 3 N–H and O–H groups in total. The Hall–Kier alpha value is -0.610. The van der Waals surface area contributed by atoms with E-state index < -0.39 is 5.54 Å². The standard InChI is InChI=1S/C11H20N2O2/c1-10(2)8-7(5-4-6-15-8)11(10,12)9(14)13-3/h7-8H,4-6,12H2,1-3H3,(H,13,14). The number of likely N-dealkylation sites (N-methyl/N-ethyl adjacent to an activating group) is 1. The quantitative estimate of drug-likeness (QED) is 0.655.